The molecule has 0 saturated heterocycles. The first-order valence-electron chi connectivity index (χ1n) is 6.26. The Kier molecular flexibility index (Phi) is 5.03. The highest BCUT2D eigenvalue weighted by Crippen LogP contribution is 2.36. The third-order valence-corrected chi connectivity index (χ3v) is 3.54. The van der Waals surface area contributed by atoms with E-state index in [1.807, 2.05) is 0 Å². The van der Waals surface area contributed by atoms with Gasteiger partial charge in [0, 0.05) is 6.61 Å². The largest absolute Gasteiger partial charge is 0.374 e. The van der Waals surface area contributed by atoms with Crippen molar-refractivity contribution in [2.45, 2.75) is 64.5 Å². The van der Waals surface area contributed by atoms with Crippen LogP contribution in [0, 0.1) is 5.92 Å². The van der Waals surface area contributed by atoms with E-state index in [0.29, 0.717) is 5.92 Å². The maximum atomic E-state index is 6.04. The van der Waals surface area contributed by atoms with E-state index in [1.54, 1.807) is 0 Å². The fourth-order valence-corrected chi connectivity index (χ4v) is 2.93. The van der Waals surface area contributed by atoms with Crippen LogP contribution in [0.2, 0.25) is 0 Å². The van der Waals surface area contributed by atoms with Gasteiger partial charge in [0.25, 0.3) is 0 Å². The van der Waals surface area contributed by atoms with Gasteiger partial charge in [0.2, 0.25) is 0 Å². The molecule has 0 aromatic heterocycles. The van der Waals surface area contributed by atoms with Crippen molar-refractivity contribution >= 4 is 0 Å². The number of hydrazine groups is 1. The van der Waals surface area contributed by atoms with Crippen LogP contribution in [0.5, 0.6) is 0 Å². The molecule has 1 fully saturated rings. The molecule has 1 atom stereocenters. The van der Waals surface area contributed by atoms with Gasteiger partial charge in [-0.25, -0.2) is 0 Å². The van der Waals surface area contributed by atoms with E-state index in [0.717, 1.165) is 19.4 Å². The van der Waals surface area contributed by atoms with Crippen LogP contribution < -0.4 is 11.3 Å². The summed E-state index contributed by atoms with van der Waals surface area (Å²) in [6, 6.07) is 0.276. The maximum absolute atomic E-state index is 6.04. The average Bonchev–Trinajstić information content (AvgIpc) is 2.19. The number of hydrogen-bond acceptors (Lipinski definition) is 3. The second kappa shape index (κ2) is 5.83. The molecule has 0 radical (unpaired) electrons. The van der Waals surface area contributed by atoms with E-state index in [-0.39, 0.29) is 11.6 Å². The monoisotopic (exact) mass is 214 g/mol. The molecular weight excluding hydrogens is 188 g/mol. The van der Waals surface area contributed by atoms with E-state index in [4.69, 9.17) is 10.6 Å². The Morgan fingerprint density at radius 2 is 1.87 bits per heavy atom. The first kappa shape index (κ1) is 12.9. The summed E-state index contributed by atoms with van der Waals surface area (Å²) in [5.74, 6) is 6.20. The summed E-state index contributed by atoms with van der Waals surface area (Å²) < 4.78 is 6.04. The highest BCUT2D eigenvalue weighted by Gasteiger charge is 2.41. The number of ether oxygens (including phenoxy) is 1. The molecule has 90 valence electrons. The van der Waals surface area contributed by atoms with E-state index < -0.39 is 0 Å². The molecule has 1 aliphatic rings. The van der Waals surface area contributed by atoms with Crippen LogP contribution >= 0.6 is 0 Å². The molecule has 1 saturated carbocycles. The topological polar surface area (TPSA) is 47.3 Å². The molecule has 1 rings (SSSR count). The second-order valence-corrected chi connectivity index (χ2v) is 4.95. The molecule has 0 heterocycles. The molecule has 0 aromatic rings. The van der Waals surface area contributed by atoms with Gasteiger partial charge < -0.3 is 4.74 Å². The van der Waals surface area contributed by atoms with Crippen molar-refractivity contribution in [2.75, 3.05) is 6.61 Å². The molecule has 1 aliphatic carbocycles. The first-order chi connectivity index (χ1) is 7.16. The minimum Gasteiger partial charge on any atom is -0.374 e. The molecule has 1 unspecified atom stereocenters. The molecule has 0 bridgehead atoms. The third-order valence-electron chi connectivity index (χ3n) is 3.54. The second-order valence-electron chi connectivity index (χ2n) is 4.95. The summed E-state index contributed by atoms with van der Waals surface area (Å²) >= 11 is 0. The number of hydrogen-bond donors (Lipinski definition) is 2. The Hall–Kier alpha value is -0.120. The fraction of sp³-hybridized carbons (Fsp3) is 1.00. The molecule has 3 heteroatoms. The standard InChI is InChI=1S/C12H26N2O/c1-4-15-12(8-6-5-7-9-12)11(14-13)10(2)3/h10-11,14H,4-9,13H2,1-3H3. The summed E-state index contributed by atoms with van der Waals surface area (Å²) in [6.45, 7) is 7.27. The van der Waals surface area contributed by atoms with Gasteiger partial charge in [-0.3, -0.25) is 11.3 Å². The van der Waals surface area contributed by atoms with Crippen LogP contribution in [-0.4, -0.2) is 18.2 Å². The third kappa shape index (κ3) is 2.92. The molecular formula is C12H26N2O. The smallest absolute Gasteiger partial charge is 0.0850 e. The first-order valence-corrected chi connectivity index (χ1v) is 6.26. The van der Waals surface area contributed by atoms with Gasteiger partial charge in [-0.2, -0.15) is 0 Å². The van der Waals surface area contributed by atoms with Crippen LogP contribution in [0.4, 0.5) is 0 Å². The van der Waals surface area contributed by atoms with Crippen molar-refractivity contribution in [1.82, 2.24) is 5.43 Å². The van der Waals surface area contributed by atoms with E-state index in [1.165, 1.54) is 19.3 Å². The van der Waals surface area contributed by atoms with Crippen LogP contribution in [0.15, 0.2) is 0 Å². The summed E-state index contributed by atoms with van der Waals surface area (Å²) in [4.78, 5) is 0. The van der Waals surface area contributed by atoms with Crippen molar-refractivity contribution in [3.05, 3.63) is 0 Å². The fourth-order valence-electron chi connectivity index (χ4n) is 2.93. The lowest BCUT2D eigenvalue weighted by Gasteiger charge is -2.44. The van der Waals surface area contributed by atoms with Crippen molar-refractivity contribution in [3.63, 3.8) is 0 Å². The minimum absolute atomic E-state index is 0.0179. The van der Waals surface area contributed by atoms with Gasteiger partial charge >= 0.3 is 0 Å². The van der Waals surface area contributed by atoms with Crippen molar-refractivity contribution < 1.29 is 4.74 Å². The predicted octanol–water partition coefficient (Wildman–Crippen LogP) is 2.21. The highest BCUT2D eigenvalue weighted by atomic mass is 16.5. The highest BCUT2D eigenvalue weighted by molar-refractivity contribution is 4.96. The van der Waals surface area contributed by atoms with Gasteiger partial charge in [-0.1, -0.05) is 33.1 Å². The molecule has 15 heavy (non-hydrogen) atoms. The Morgan fingerprint density at radius 3 is 2.27 bits per heavy atom. The number of nitrogens with one attached hydrogen (secondary N) is 1. The van der Waals surface area contributed by atoms with E-state index >= 15 is 0 Å². The summed E-state index contributed by atoms with van der Waals surface area (Å²) in [5, 5.41) is 0. The lowest BCUT2D eigenvalue weighted by molar-refractivity contribution is -0.0994. The summed E-state index contributed by atoms with van der Waals surface area (Å²) in [6.07, 6.45) is 6.17. The maximum Gasteiger partial charge on any atom is 0.0850 e. The molecule has 3 nitrogen and oxygen atoms in total. The molecule has 3 N–H and O–H groups in total. The lowest BCUT2D eigenvalue weighted by atomic mass is 9.75. The predicted molar refractivity (Wildman–Crippen MR) is 63.4 cm³/mol. The van der Waals surface area contributed by atoms with Crippen molar-refractivity contribution in [3.8, 4) is 0 Å². The lowest BCUT2D eigenvalue weighted by Crippen LogP contribution is -2.58. The zero-order chi connectivity index (χ0) is 11.3. The van der Waals surface area contributed by atoms with Gasteiger partial charge in [0.1, 0.15) is 0 Å². The van der Waals surface area contributed by atoms with Crippen molar-refractivity contribution in [2.24, 2.45) is 11.8 Å². The Morgan fingerprint density at radius 1 is 1.27 bits per heavy atom. The van der Waals surface area contributed by atoms with E-state index in [9.17, 15) is 0 Å². The van der Waals surface area contributed by atoms with Crippen LogP contribution in [0.1, 0.15) is 52.9 Å². The average molecular weight is 214 g/mol. The quantitative estimate of drug-likeness (QED) is 0.545. The Labute approximate surface area is 93.7 Å². The van der Waals surface area contributed by atoms with Gasteiger partial charge in [0.05, 0.1) is 11.6 Å². The van der Waals surface area contributed by atoms with E-state index in [2.05, 4.69) is 26.2 Å². The van der Waals surface area contributed by atoms with Gasteiger partial charge in [-0.05, 0) is 25.7 Å². The molecule has 0 aliphatic heterocycles. The molecule has 0 amide bonds. The summed E-state index contributed by atoms with van der Waals surface area (Å²) in [5.41, 5.74) is 2.95. The van der Waals surface area contributed by atoms with Gasteiger partial charge in [-0.15, -0.1) is 0 Å². The molecule has 0 aromatic carbocycles. The summed E-state index contributed by atoms with van der Waals surface area (Å²) in [7, 11) is 0. The Balaban J connectivity index is 2.76. The normalized spacial score (nSPS) is 23.0. The SMILES string of the molecule is CCOC1(C(NN)C(C)C)CCCCC1. The van der Waals surface area contributed by atoms with Crippen LogP contribution in [0.25, 0.3) is 0 Å². The van der Waals surface area contributed by atoms with Crippen LogP contribution in [0.3, 0.4) is 0 Å². The number of nitrogens with two attached hydrogens (primary N) is 1. The van der Waals surface area contributed by atoms with Gasteiger partial charge in [0.15, 0.2) is 0 Å². The Bertz CT molecular complexity index is 171. The number of rotatable bonds is 5. The van der Waals surface area contributed by atoms with Crippen molar-refractivity contribution in [1.29, 1.82) is 0 Å². The minimum atomic E-state index is -0.0179. The molecule has 0 spiro atoms. The zero-order valence-electron chi connectivity index (χ0n) is 10.4. The zero-order valence-corrected chi connectivity index (χ0v) is 10.4. The van der Waals surface area contributed by atoms with Crippen LogP contribution in [-0.2, 0) is 4.74 Å².